The standard InChI is InChI=1S/C15H22N2O4S.C13H19IN2O4S/c1-6-12-9-11(7-8-13(12)17-22(5,19)20)10-16-14(18)21-15(2,3)4;1-13(2,3)20-12(17)15-8-9-5-6-11(10(14)7-9)16-21(4,18)19/h6-9,17H,1,10H2,2-5H3,(H,16,18);5-7,16H,8H2,1-4H3,(H,15,17). The zero-order valence-corrected chi connectivity index (χ0v) is 29.4. The SMILES string of the molecule is C=Cc1cc(CNC(=O)OC(C)(C)C)ccc1NS(C)(=O)=O.CC(C)(C)OC(=O)NCc1ccc(NS(C)(=O)=O)c(I)c1. The number of carbonyl (C=O) groups is 2. The van der Waals surface area contributed by atoms with Gasteiger partial charge < -0.3 is 20.1 Å². The van der Waals surface area contributed by atoms with Crippen molar-refractivity contribution in [2.24, 2.45) is 0 Å². The van der Waals surface area contributed by atoms with E-state index in [4.69, 9.17) is 9.47 Å². The summed E-state index contributed by atoms with van der Waals surface area (Å²) in [5, 5.41) is 5.29. The summed E-state index contributed by atoms with van der Waals surface area (Å²) in [7, 11) is -6.66. The van der Waals surface area contributed by atoms with Gasteiger partial charge in [0, 0.05) is 16.7 Å². The van der Waals surface area contributed by atoms with Gasteiger partial charge in [0.05, 0.1) is 23.9 Å². The van der Waals surface area contributed by atoms with Crippen LogP contribution in [0.1, 0.15) is 58.2 Å². The van der Waals surface area contributed by atoms with Gasteiger partial charge in [0.15, 0.2) is 0 Å². The number of sulfonamides is 2. The van der Waals surface area contributed by atoms with Crippen molar-refractivity contribution in [3.05, 3.63) is 63.2 Å². The molecule has 2 aromatic rings. The second-order valence-electron chi connectivity index (χ2n) is 11.4. The molecule has 43 heavy (non-hydrogen) atoms. The molecule has 0 bridgehead atoms. The van der Waals surface area contributed by atoms with Gasteiger partial charge in [-0.25, -0.2) is 26.4 Å². The lowest BCUT2D eigenvalue weighted by Crippen LogP contribution is -2.32. The van der Waals surface area contributed by atoms with Gasteiger partial charge in [-0.05, 0) is 105 Å². The highest BCUT2D eigenvalue weighted by molar-refractivity contribution is 14.1. The molecule has 0 radical (unpaired) electrons. The Balaban J connectivity index is 0.000000430. The van der Waals surface area contributed by atoms with Gasteiger partial charge >= 0.3 is 12.2 Å². The van der Waals surface area contributed by atoms with Crippen molar-refractivity contribution in [1.82, 2.24) is 10.6 Å². The van der Waals surface area contributed by atoms with Gasteiger partial charge in [-0.15, -0.1) is 0 Å². The van der Waals surface area contributed by atoms with E-state index >= 15 is 0 Å². The van der Waals surface area contributed by atoms with Crippen LogP contribution >= 0.6 is 22.6 Å². The summed E-state index contributed by atoms with van der Waals surface area (Å²) < 4.78 is 60.8. The first-order valence-corrected chi connectivity index (χ1v) is 17.8. The minimum atomic E-state index is -3.36. The Bertz CT molecular complexity index is 1510. The monoisotopic (exact) mass is 752 g/mol. The Labute approximate surface area is 268 Å². The third-order valence-corrected chi connectivity index (χ3v) is 6.71. The molecule has 0 atom stereocenters. The van der Waals surface area contributed by atoms with Gasteiger partial charge in [0.1, 0.15) is 11.2 Å². The highest BCUT2D eigenvalue weighted by atomic mass is 127. The molecule has 0 spiro atoms. The third kappa shape index (κ3) is 17.6. The Kier molecular flexibility index (Phi) is 13.8. The average molecular weight is 753 g/mol. The fourth-order valence-corrected chi connectivity index (χ4v) is 5.17. The lowest BCUT2D eigenvalue weighted by molar-refractivity contribution is 0.0512. The van der Waals surface area contributed by atoms with E-state index in [1.807, 2.05) is 22.6 Å². The molecule has 0 unspecified atom stereocenters. The maximum atomic E-state index is 11.6. The molecule has 12 nitrogen and oxygen atoms in total. The number of amides is 2. The van der Waals surface area contributed by atoms with E-state index in [9.17, 15) is 26.4 Å². The summed E-state index contributed by atoms with van der Waals surface area (Å²) >= 11 is 2.03. The number of rotatable bonds is 9. The predicted molar refractivity (Wildman–Crippen MR) is 179 cm³/mol. The number of ether oxygens (including phenoxy) is 2. The third-order valence-electron chi connectivity index (χ3n) is 4.63. The number of hydrogen-bond donors (Lipinski definition) is 4. The first-order chi connectivity index (χ1) is 19.5. The quantitative estimate of drug-likeness (QED) is 0.247. The summed E-state index contributed by atoms with van der Waals surface area (Å²) in [5.41, 5.74) is 2.15. The van der Waals surface area contributed by atoms with Crippen LogP contribution in [-0.2, 0) is 42.6 Å². The van der Waals surface area contributed by atoms with Crippen molar-refractivity contribution in [2.45, 2.75) is 65.8 Å². The number of benzene rings is 2. The van der Waals surface area contributed by atoms with E-state index < -0.39 is 43.4 Å². The Morgan fingerprint density at radius 1 is 0.767 bits per heavy atom. The van der Waals surface area contributed by atoms with Crippen molar-refractivity contribution in [3.63, 3.8) is 0 Å². The Morgan fingerprint density at radius 2 is 1.16 bits per heavy atom. The molecule has 0 saturated carbocycles. The van der Waals surface area contributed by atoms with Gasteiger partial charge in [0.25, 0.3) is 0 Å². The first-order valence-electron chi connectivity index (χ1n) is 12.9. The second kappa shape index (κ2) is 15.6. The van der Waals surface area contributed by atoms with Gasteiger partial charge in [-0.2, -0.15) is 0 Å². The molecule has 240 valence electrons. The smallest absolute Gasteiger partial charge is 0.407 e. The molecular formula is C28H41IN4O8S2. The van der Waals surface area contributed by atoms with Crippen LogP contribution in [-0.4, -0.2) is 52.7 Å². The van der Waals surface area contributed by atoms with Crippen LogP contribution in [0.2, 0.25) is 0 Å². The van der Waals surface area contributed by atoms with Gasteiger partial charge in [-0.1, -0.05) is 24.8 Å². The average Bonchev–Trinajstić information content (AvgIpc) is 2.80. The van der Waals surface area contributed by atoms with Crippen LogP contribution in [0.25, 0.3) is 6.08 Å². The second-order valence-corrected chi connectivity index (χ2v) is 16.1. The van der Waals surface area contributed by atoms with E-state index in [1.165, 1.54) is 0 Å². The number of anilines is 2. The highest BCUT2D eigenvalue weighted by Gasteiger charge is 2.17. The highest BCUT2D eigenvalue weighted by Crippen LogP contribution is 2.21. The molecule has 2 aromatic carbocycles. The summed E-state index contributed by atoms with van der Waals surface area (Å²) in [6.07, 6.45) is 2.73. The predicted octanol–water partition coefficient (Wildman–Crippen LogP) is 5.41. The molecule has 0 heterocycles. The number of hydrogen-bond acceptors (Lipinski definition) is 8. The molecular weight excluding hydrogens is 711 g/mol. The zero-order chi connectivity index (χ0) is 33.2. The van der Waals surface area contributed by atoms with E-state index in [0.717, 1.165) is 27.2 Å². The van der Waals surface area contributed by atoms with E-state index in [2.05, 4.69) is 26.7 Å². The normalized spacial score (nSPS) is 11.7. The van der Waals surface area contributed by atoms with Crippen molar-refractivity contribution in [3.8, 4) is 0 Å². The molecule has 0 aliphatic rings. The van der Waals surface area contributed by atoms with Crippen molar-refractivity contribution in [1.29, 1.82) is 0 Å². The van der Waals surface area contributed by atoms with Crippen LogP contribution in [0, 0.1) is 3.57 Å². The van der Waals surface area contributed by atoms with Crippen LogP contribution in [0.15, 0.2) is 43.0 Å². The molecule has 4 N–H and O–H groups in total. The number of alkyl carbamates (subject to hydrolysis) is 2. The molecule has 0 aliphatic carbocycles. The lowest BCUT2D eigenvalue weighted by Gasteiger charge is -2.19. The largest absolute Gasteiger partial charge is 0.444 e. The molecule has 0 fully saturated rings. The van der Waals surface area contributed by atoms with Crippen molar-refractivity contribution in [2.75, 3.05) is 22.0 Å². The van der Waals surface area contributed by atoms with Crippen LogP contribution in [0.4, 0.5) is 21.0 Å². The van der Waals surface area contributed by atoms with Crippen LogP contribution in [0.5, 0.6) is 0 Å². The first kappa shape index (κ1) is 38.0. The summed E-state index contributed by atoms with van der Waals surface area (Å²) in [5.74, 6) is 0. The number of carbonyl (C=O) groups excluding carboxylic acids is 2. The summed E-state index contributed by atoms with van der Waals surface area (Å²) in [6.45, 7) is 15.0. The fraction of sp³-hybridized carbons (Fsp3) is 0.429. The van der Waals surface area contributed by atoms with Gasteiger partial charge in [-0.3, -0.25) is 9.44 Å². The maximum absolute atomic E-state index is 11.6. The summed E-state index contributed by atoms with van der Waals surface area (Å²) in [4.78, 5) is 23.1. The van der Waals surface area contributed by atoms with Crippen molar-refractivity contribution >= 4 is 72.3 Å². The Hall–Kier alpha value is -3.05. The Morgan fingerprint density at radius 3 is 1.53 bits per heavy atom. The summed E-state index contributed by atoms with van der Waals surface area (Å²) in [6, 6.07) is 10.3. The van der Waals surface area contributed by atoms with Crippen molar-refractivity contribution < 1.29 is 35.9 Å². The van der Waals surface area contributed by atoms with E-state index in [0.29, 0.717) is 23.5 Å². The fourth-order valence-electron chi connectivity index (χ4n) is 3.11. The minimum absolute atomic E-state index is 0.273. The zero-order valence-electron chi connectivity index (χ0n) is 25.6. The molecule has 0 aromatic heterocycles. The molecule has 15 heteroatoms. The number of halogens is 1. The number of nitrogens with one attached hydrogen (secondary N) is 4. The molecule has 2 amide bonds. The van der Waals surface area contributed by atoms with Crippen LogP contribution in [0.3, 0.4) is 0 Å². The van der Waals surface area contributed by atoms with Crippen LogP contribution < -0.4 is 20.1 Å². The van der Waals surface area contributed by atoms with E-state index in [-0.39, 0.29) is 6.54 Å². The topological polar surface area (TPSA) is 169 Å². The van der Waals surface area contributed by atoms with E-state index in [1.54, 1.807) is 84.0 Å². The lowest BCUT2D eigenvalue weighted by atomic mass is 10.1. The van der Waals surface area contributed by atoms with Gasteiger partial charge in [0.2, 0.25) is 20.0 Å². The molecule has 0 aliphatic heterocycles. The maximum Gasteiger partial charge on any atom is 0.407 e. The minimum Gasteiger partial charge on any atom is -0.444 e. The molecule has 0 saturated heterocycles. The molecule has 2 rings (SSSR count).